The molecule has 0 aliphatic rings. The topological polar surface area (TPSA) is 68.8 Å². The van der Waals surface area contributed by atoms with Crippen molar-refractivity contribution in [3.63, 3.8) is 0 Å². The molecule has 0 unspecified atom stereocenters. The van der Waals surface area contributed by atoms with E-state index in [9.17, 15) is 4.79 Å². The van der Waals surface area contributed by atoms with Crippen LogP contribution in [0.3, 0.4) is 0 Å². The van der Waals surface area contributed by atoms with Crippen molar-refractivity contribution in [3.8, 4) is 17.2 Å². The summed E-state index contributed by atoms with van der Waals surface area (Å²) in [6.45, 7) is 0.462. The maximum atomic E-state index is 12.0. The van der Waals surface area contributed by atoms with Gasteiger partial charge in [0.05, 0.1) is 26.5 Å². The van der Waals surface area contributed by atoms with Gasteiger partial charge >= 0.3 is 0 Å². The zero-order chi connectivity index (χ0) is 18.8. The second-order valence-corrected chi connectivity index (χ2v) is 5.74. The van der Waals surface area contributed by atoms with E-state index >= 15 is 0 Å². The van der Waals surface area contributed by atoms with Crippen LogP contribution in [0.25, 0.3) is 0 Å². The van der Waals surface area contributed by atoms with E-state index in [4.69, 9.17) is 26.4 Å². The van der Waals surface area contributed by atoms with E-state index in [-0.39, 0.29) is 11.0 Å². The average molecular weight is 374 g/mol. The fraction of sp³-hybridized carbons (Fsp3) is 0.263. The molecule has 2 aromatic carbocycles. The van der Waals surface area contributed by atoms with Crippen LogP contribution in [-0.2, 0) is 4.79 Å². The SMILES string of the molecule is COc1ccc(NC(=S)NC(=O)CCCOc2ccccc2)c(OC)c1. The second kappa shape index (κ2) is 10.2. The van der Waals surface area contributed by atoms with Crippen molar-refractivity contribution in [3.05, 3.63) is 48.5 Å². The van der Waals surface area contributed by atoms with Crippen molar-refractivity contribution in [1.29, 1.82) is 0 Å². The predicted molar refractivity (Wildman–Crippen MR) is 105 cm³/mol. The van der Waals surface area contributed by atoms with Crippen LogP contribution in [0.4, 0.5) is 5.69 Å². The minimum Gasteiger partial charge on any atom is -0.497 e. The first kappa shape index (κ1) is 19.5. The average Bonchev–Trinajstić information content (AvgIpc) is 2.66. The molecule has 0 radical (unpaired) electrons. The fourth-order valence-electron chi connectivity index (χ4n) is 2.18. The van der Waals surface area contributed by atoms with Crippen molar-refractivity contribution >= 4 is 28.9 Å². The third-order valence-electron chi connectivity index (χ3n) is 3.47. The Balaban J connectivity index is 1.74. The molecule has 0 aliphatic carbocycles. The second-order valence-electron chi connectivity index (χ2n) is 5.33. The molecule has 0 bridgehead atoms. The van der Waals surface area contributed by atoms with E-state index in [1.54, 1.807) is 32.4 Å². The van der Waals surface area contributed by atoms with Gasteiger partial charge < -0.3 is 24.8 Å². The van der Waals surface area contributed by atoms with Crippen LogP contribution in [0.2, 0.25) is 0 Å². The number of ether oxygens (including phenoxy) is 3. The lowest BCUT2D eigenvalue weighted by atomic mass is 10.2. The van der Waals surface area contributed by atoms with Crippen molar-refractivity contribution in [1.82, 2.24) is 5.32 Å². The maximum absolute atomic E-state index is 12.0. The van der Waals surface area contributed by atoms with Gasteiger partial charge in [-0.3, -0.25) is 4.79 Å². The molecular formula is C19H22N2O4S. The zero-order valence-corrected chi connectivity index (χ0v) is 15.6. The molecular weight excluding hydrogens is 352 g/mol. The number of nitrogens with one attached hydrogen (secondary N) is 2. The highest BCUT2D eigenvalue weighted by molar-refractivity contribution is 7.80. The molecule has 26 heavy (non-hydrogen) atoms. The van der Waals surface area contributed by atoms with Crippen LogP contribution in [0.1, 0.15) is 12.8 Å². The summed E-state index contributed by atoms with van der Waals surface area (Å²) in [7, 11) is 3.13. The molecule has 0 atom stereocenters. The summed E-state index contributed by atoms with van der Waals surface area (Å²) in [4.78, 5) is 12.0. The van der Waals surface area contributed by atoms with Crippen LogP contribution < -0.4 is 24.8 Å². The van der Waals surface area contributed by atoms with Crippen molar-refractivity contribution < 1.29 is 19.0 Å². The Kier molecular flexibility index (Phi) is 7.70. The Morgan fingerprint density at radius 3 is 2.50 bits per heavy atom. The first-order valence-electron chi connectivity index (χ1n) is 8.13. The Bertz CT molecular complexity index is 738. The van der Waals surface area contributed by atoms with Gasteiger partial charge in [0.15, 0.2) is 5.11 Å². The van der Waals surface area contributed by atoms with Crippen LogP contribution in [-0.4, -0.2) is 31.8 Å². The van der Waals surface area contributed by atoms with Gasteiger partial charge in [-0.1, -0.05) is 18.2 Å². The van der Waals surface area contributed by atoms with Gasteiger partial charge in [0.2, 0.25) is 5.91 Å². The van der Waals surface area contributed by atoms with E-state index in [1.165, 1.54) is 0 Å². The summed E-state index contributed by atoms with van der Waals surface area (Å²) < 4.78 is 16.0. The molecule has 2 N–H and O–H groups in total. The third kappa shape index (κ3) is 6.25. The lowest BCUT2D eigenvalue weighted by molar-refractivity contribution is -0.119. The van der Waals surface area contributed by atoms with Gasteiger partial charge in [0.25, 0.3) is 0 Å². The Hall–Kier alpha value is -2.80. The molecule has 0 heterocycles. The molecule has 0 spiro atoms. The first-order valence-corrected chi connectivity index (χ1v) is 8.54. The van der Waals surface area contributed by atoms with Gasteiger partial charge in [-0.15, -0.1) is 0 Å². The number of carbonyl (C=O) groups excluding carboxylic acids is 1. The quantitative estimate of drug-likeness (QED) is 0.545. The highest BCUT2D eigenvalue weighted by atomic mass is 32.1. The molecule has 138 valence electrons. The molecule has 2 rings (SSSR count). The minimum atomic E-state index is -0.174. The Labute approximate surface area is 158 Å². The highest BCUT2D eigenvalue weighted by Gasteiger charge is 2.09. The molecule has 6 nitrogen and oxygen atoms in total. The van der Waals surface area contributed by atoms with Gasteiger partial charge in [-0.05, 0) is 42.9 Å². The van der Waals surface area contributed by atoms with E-state index < -0.39 is 0 Å². The number of methoxy groups -OCH3 is 2. The number of hydrogen-bond donors (Lipinski definition) is 2. The Morgan fingerprint density at radius 2 is 1.81 bits per heavy atom. The van der Waals surface area contributed by atoms with Crippen LogP contribution in [0, 0.1) is 0 Å². The molecule has 7 heteroatoms. The predicted octanol–water partition coefficient (Wildman–Crippen LogP) is 3.38. The Morgan fingerprint density at radius 1 is 1.04 bits per heavy atom. The number of benzene rings is 2. The smallest absolute Gasteiger partial charge is 0.226 e. The number of hydrogen-bond acceptors (Lipinski definition) is 5. The number of rotatable bonds is 8. The monoisotopic (exact) mass is 374 g/mol. The number of anilines is 1. The van der Waals surface area contributed by atoms with E-state index in [0.717, 1.165) is 5.75 Å². The molecule has 0 saturated carbocycles. The van der Waals surface area contributed by atoms with Crippen LogP contribution in [0.5, 0.6) is 17.2 Å². The lowest BCUT2D eigenvalue weighted by Crippen LogP contribution is -2.34. The molecule has 1 amide bonds. The van der Waals surface area contributed by atoms with Crippen LogP contribution >= 0.6 is 12.2 Å². The largest absolute Gasteiger partial charge is 0.497 e. The van der Waals surface area contributed by atoms with Gasteiger partial charge in [0.1, 0.15) is 17.2 Å². The van der Waals surface area contributed by atoms with Crippen molar-refractivity contribution in [2.75, 3.05) is 26.1 Å². The lowest BCUT2D eigenvalue weighted by Gasteiger charge is -2.13. The van der Waals surface area contributed by atoms with E-state index in [1.807, 2.05) is 30.3 Å². The number of carbonyl (C=O) groups is 1. The summed E-state index contributed by atoms with van der Waals surface area (Å²) in [6, 6.07) is 14.8. The highest BCUT2D eigenvalue weighted by Crippen LogP contribution is 2.28. The summed E-state index contributed by atoms with van der Waals surface area (Å²) in [5.74, 6) is 1.85. The molecule has 0 aromatic heterocycles. The van der Waals surface area contributed by atoms with Crippen molar-refractivity contribution in [2.45, 2.75) is 12.8 Å². The molecule has 0 saturated heterocycles. The third-order valence-corrected chi connectivity index (χ3v) is 3.67. The van der Waals surface area contributed by atoms with Gasteiger partial charge in [0, 0.05) is 12.5 Å². The van der Waals surface area contributed by atoms with E-state index in [2.05, 4.69) is 10.6 Å². The number of para-hydroxylation sites is 1. The maximum Gasteiger partial charge on any atom is 0.226 e. The van der Waals surface area contributed by atoms with Gasteiger partial charge in [-0.2, -0.15) is 0 Å². The summed E-state index contributed by atoms with van der Waals surface area (Å²) >= 11 is 5.18. The standard InChI is InChI=1S/C19H22N2O4S/c1-23-15-10-11-16(17(13-15)24-2)20-19(26)21-18(22)9-6-12-25-14-7-4-3-5-8-14/h3-5,7-8,10-11,13H,6,9,12H2,1-2H3,(H2,20,21,22,26). The number of thiocarbonyl (C=S) groups is 1. The fourth-order valence-corrected chi connectivity index (χ4v) is 2.41. The van der Waals surface area contributed by atoms with Crippen LogP contribution in [0.15, 0.2) is 48.5 Å². The molecule has 2 aromatic rings. The minimum absolute atomic E-state index is 0.174. The van der Waals surface area contributed by atoms with Gasteiger partial charge in [-0.25, -0.2) is 0 Å². The normalized spacial score (nSPS) is 9.92. The first-order chi connectivity index (χ1) is 12.6. The summed E-state index contributed by atoms with van der Waals surface area (Å²) in [5.41, 5.74) is 0.644. The number of amides is 1. The van der Waals surface area contributed by atoms with Crippen molar-refractivity contribution in [2.24, 2.45) is 0 Å². The summed E-state index contributed by atoms with van der Waals surface area (Å²) in [6.07, 6.45) is 0.906. The summed E-state index contributed by atoms with van der Waals surface area (Å²) in [5, 5.41) is 5.80. The molecule has 0 aliphatic heterocycles. The zero-order valence-electron chi connectivity index (χ0n) is 14.8. The molecule has 0 fully saturated rings. The van der Waals surface area contributed by atoms with E-state index in [0.29, 0.717) is 36.6 Å².